The number of carbonyl (C=O) groups excluding carboxylic acids is 2. The number of rotatable bonds is 7. The van der Waals surface area contributed by atoms with Crippen LogP contribution in [0.2, 0.25) is 0 Å². The van der Waals surface area contributed by atoms with Gasteiger partial charge in [0, 0.05) is 39.4 Å². The Kier molecular flexibility index (Phi) is 7.04. The van der Waals surface area contributed by atoms with Gasteiger partial charge in [-0.1, -0.05) is 0 Å². The molecule has 1 aromatic rings. The van der Waals surface area contributed by atoms with Crippen LogP contribution in [-0.4, -0.2) is 74.7 Å². The number of piperidine rings is 1. The van der Waals surface area contributed by atoms with E-state index in [0.717, 1.165) is 51.0 Å². The highest BCUT2D eigenvalue weighted by molar-refractivity contribution is 7.08. The minimum Gasteiger partial charge on any atom is -0.382 e. The van der Waals surface area contributed by atoms with Gasteiger partial charge in [0.1, 0.15) is 6.61 Å². The molecule has 0 aromatic carbocycles. The zero-order valence-electron chi connectivity index (χ0n) is 15.9. The Hall–Kier alpha value is -1.70. The van der Waals surface area contributed by atoms with Gasteiger partial charge < -0.3 is 19.3 Å². The fourth-order valence-electron chi connectivity index (χ4n) is 3.79. The lowest BCUT2D eigenvalue weighted by Crippen LogP contribution is -2.44. The molecule has 0 atom stereocenters. The van der Waals surface area contributed by atoms with Crippen LogP contribution in [-0.2, 0) is 19.1 Å². The molecule has 3 heterocycles. The maximum atomic E-state index is 12.4. The molecule has 2 fully saturated rings. The molecule has 1 aromatic heterocycles. The lowest BCUT2D eigenvalue weighted by atomic mass is 9.78. The van der Waals surface area contributed by atoms with Gasteiger partial charge in [-0.3, -0.25) is 9.59 Å². The molecule has 3 rings (SSSR count). The summed E-state index contributed by atoms with van der Waals surface area (Å²) < 4.78 is 10.3. The number of hydrogen-bond acceptors (Lipinski definition) is 5. The molecule has 27 heavy (non-hydrogen) atoms. The van der Waals surface area contributed by atoms with Crippen LogP contribution in [0.3, 0.4) is 0 Å². The summed E-state index contributed by atoms with van der Waals surface area (Å²) >= 11 is 1.63. The minimum absolute atomic E-state index is 0.0557. The molecule has 0 unspecified atom stereocenters. The van der Waals surface area contributed by atoms with Crippen LogP contribution in [0.1, 0.15) is 24.8 Å². The summed E-state index contributed by atoms with van der Waals surface area (Å²) in [5.74, 6) is 0.133. The Morgan fingerprint density at radius 3 is 2.59 bits per heavy atom. The molecule has 2 saturated heterocycles. The number of hydrogen-bond donors (Lipinski definition) is 0. The van der Waals surface area contributed by atoms with E-state index >= 15 is 0 Å². The molecule has 0 radical (unpaired) electrons. The Bertz CT molecular complexity index is 651. The third kappa shape index (κ3) is 5.40. The highest BCUT2D eigenvalue weighted by Gasteiger charge is 2.42. The van der Waals surface area contributed by atoms with Crippen LogP contribution in [0, 0.1) is 5.41 Å². The van der Waals surface area contributed by atoms with Crippen molar-refractivity contribution in [1.82, 2.24) is 9.80 Å². The third-order valence-electron chi connectivity index (χ3n) is 5.55. The first-order chi connectivity index (χ1) is 13.1. The number of likely N-dealkylation sites (tertiary alicyclic amines) is 2. The Morgan fingerprint density at radius 1 is 1.19 bits per heavy atom. The molecule has 0 N–H and O–H groups in total. The zero-order valence-corrected chi connectivity index (χ0v) is 16.7. The van der Waals surface area contributed by atoms with Crippen LogP contribution in [0.25, 0.3) is 6.08 Å². The number of ether oxygens (including phenoxy) is 2. The van der Waals surface area contributed by atoms with Crippen molar-refractivity contribution in [3.63, 3.8) is 0 Å². The van der Waals surface area contributed by atoms with Crippen LogP contribution >= 0.6 is 11.3 Å². The van der Waals surface area contributed by atoms with Gasteiger partial charge in [0.05, 0.1) is 13.2 Å². The monoisotopic (exact) mass is 392 g/mol. The molecule has 0 bridgehead atoms. The van der Waals surface area contributed by atoms with Crippen molar-refractivity contribution in [2.45, 2.75) is 19.3 Å². The van der Waals surface area contributed by atoms with Gasteiger partial charge in [-0.15, -0.1) is 0 Å². The second kappa shape index (κ2) is 9.48. The van der Waals surface area contributed by atoms with Gasteiger partial charge in [0.2, 0.25) is 11.8 Å². The highest BCUT2D eigenvalue weighted by atomic mass is 32.1. The lowest BCUT2D eigenvalue weighted by molar-refractivity contribution is -0.136. The van der Waals surface area contributed by atoms with Gasteiger partial charge in [-0.25, -0.2) is 0 Å². The Balaban J connectivity index is 1.43. The summed E-state index contributed by atoms with van der Waals surface area (Å²) in [6, 6.07) is 2.00. The van der Waals surface area contributed by atoms with E-state index in [-0.39, 0.29) is 23.8 Å². The van der Waals surface area contributed by atoms with Gasteiger partial charge in [-0.05, 0) is 53.1 Å². The molecule has 148 valence electrons. The summed E-state index contributed by atoms with van der Waals surface area (Å²) in [7, 11) is 1.62. The number of thiophene rings is 1. The molecule has 0 aliphatic carbocycles. The highest BCUT2D eigenvalue weighted by Crippen LogP contribution is 2.40. The van der Waals surface area contributed by atoms with Crippen LogP contribution in [0.4, 0.5) is 0 Å². The first-order valence-corrected chi connectivity index (χ1v) is 10.4. The quantitative estimate of drug-likeness (QED) is 0.528. The second-order valence-electron chi connectivity index (χ2n) is 7.33. The van der Waals surface area contributed by atoms with Crippen molar-refractivity contribution in [1.29, 1.82) is 0 Å². The third-order valence-corrected chi connectivity index (χ3v) is 6.25. The van der Waals surface area contributed by atoms with Crippen LogP contribution in [0.5, 0.6) is 0 Å². The normalized spacial score (nSPS) is 19.3. The van der Waals surface area contributed by atoms with Crippen LogP contribution in [0.15, 0.2) is 22.9 Å². The number of methoxy groups -OCH3 is 1. The van der Waals surface area contributed by atoms with E-state index in [9.17, 15) is 9.59 Å². The molecule has 6 nitrogen and oxygen atoms in total. The van der Waals surface area contributed by atoms with Gasteiger partial charge in [0.25, 0.3) is 0 Å². The Labute approximate surface area is 164 Å². The zero-order chi connectivity index (χ0) is 19.1. The number of nitrogens with zero attached hydrogens (tertiary/aromatic N) is 2. The molecular weight excluding hydrogens is 364 g/mol. The molecule has 2 amide bonds. The second-order valence-corrected chi connectivity index (χ2v) is 8.11. The molecule has 0 saturated carbocycles. The van der Waals surface area contributed by atoms with E-state index in [4.69, 9.17) is 9.47 Å². The van der Waals surface area contributed by atoms with Gasteiger partial charge >= 0.3 is 0 Å². The number of amides is 2. The molecule has 2 aliphatic heterocycles. The summed E-state index contributed by atoms with van der Waals surface area (Å²) in [5.41, 5.74) is 1.23. The predicted octanol–water partition coefficient (Wildman–Crippen LogP) is 2.27. The topological polar surface area (TPSA) is 59.1 Å². The molecular formula is C20H28N2O4S. The standard InChI is InChI=1S/C20H28N2O4S/c1-25-11-12-26-14-19(24)22-10-7-20(16-22)5-8-21(9-6-20)18(23)3-2-17-4-13-27-15-17/h2-4,13,15H,5-12,14,16H2,1H3/b3-2+. The van der Waals surface area contributed by atoms with Crippen molar-refractivity contribution in [3.8, 4) is 0 Å². The fraction of sp³-hybridized carbons (Fsp3) is 0.600. The minimum atomic E-state index is 0.0557. The summed E-state index contributed by atoms with van der Waals surface area (Å²) in [5, 5.41) is 4.03. The maximum absolute atomic E-state index is 12.4. The van der Waals surface area contributed by atoms with E-state index in [1.54, 1.807) is 24.5 Å². The van der Waals surface area contributed by atoms with E-state index in [0.29, 0.717) is 13.2 Å². The van der Waals surface area contributed by atoms with E-state index in [2.05, 4.69) is 0 Å². The first kappa shape index (κ1) is 20.0. The van der Waals surface area contributed by atoms with Crippen molar-refractivity contribution >= 4 is 29.2 Å². The summed E-state index contributed by atoms with van der Waals surface area (Å²) in [6.07, 6.45) is 6.48. The summed E-state index contributed by atoms with van der Waals surface area (Å²) in [6.45, 7) is 4.17. The SMILES string of the molecule is COCCOCC(=O)N1CCC2(CCN(C(=O)/C=C/c3ccsc3)CC2)C1. The smallest absolute Gasteiger partial charge is 0.248 e. The molecule has 2 aliphatic rings. The van der Waals surface area contributed by atoms with E-state index in [1.807, 2.05) is 32.7 Å². The average Bonchev–Trinajstić information content (AvgIpc) is 3.34. The largest absolute Gasteiger partial charge is 0.382 e. The van der Waals surface area contributed by atoms with E-state index in [1.165, 1.54) is 0 Å². The lowest BCUT2D eigenvalue weighted by Gasteiger charge is -2.38. The number of carbonyl (C=O) groups is 2. The van der Waals surface area contributed by atoms with Gasteiger partial charge in [0.15, 0.2) is 0 Å². The molecule has 7 heteroatoms. The predicted molar refractivity (Wildman–Crippen MR) is 105 cm³/mol. The average molecular weight is 393 g/mol. The van der Waals surface area contributed by atoms with E-state index < -0.39 is 0 Å². The van der Waals surface area contributed by atoms with Crippen molar-refractivity contribution in [2.75, 3.05) is 53.1 Å². The first-order valence-electron chi connectivity index (χ1n) is 9.46. The van der Waals surface area contributed by atoms with Crippen molar-refractivity contribution in [2.24, 2.45) is 5.41 Å². The Morgan fingerprint density at radius 2 is 1.93 bits per heavy atom. The van der Waals surface area contributed by atoms with Crippen molar-refractivity contribution < 1.29 is 19.1 Å². The molecule has 1 spiro atoms. The van der Waals surface area contributed by atoms with Gasteiger partial charge in [-0.2, -0.15) is 11.3 Å². The summed E-state index contributed by atoms with van der Waals surface area (Å²) in [4.78, 5) is 28.5. The fourth-order valence-corrected chi connectivity index (χ4v) is 4.42. The maximum Gasteiger partial charge on any atom is 0.248 e. The van der Waals surface area contributed by atoms with Crippen molar-refractivity contribution in [3.05, 3.63) is 28.5 Å². The van der Waals surface area contributed by atoms with Crippen LogP contribution < -0.4 is 0 Å².